The molecule has 1 amide bonds. The van der Waals surface area contributed by atoms with E-state index in [1.54, 1.807) is 12.0 Å². The summed E-state index contributed by atoms with van der Waals surface area (Å²) in [4.78, 5) is 15.9. The molecule has 0 aromatic rings. The number of hydrogen-bond donors (Lipinski definition) is 0. The Balaban J connectivity index is 2.23. The molecule has 0 aromatic carbocycles. The number of sulfone groups is 1. The van der Waals surface area contributed by atoms with Crippen LogP contribution in [0.25, 0.3) is 0 Å². The molecule has 0 N–H and O–H groups in total. The number of carbonyl (C=O) groups is 1. The van der Waals surface area contributed by atoms with Gasteiger partial charge in [-0.3, -0.25) is 9.69 Å². The molecular weight excluding hydrogens is 268 g/mol. The summed E-state index contributed by atoms with van der Waals surface area (Å²) in [5, 5.41) is 0. The van der Waals surface area contributed by atoms with E-state index in [4.69, 9.17) is 4.74 Å². The predicted molar refractivity (Wildman–Crippen MR) is 73.8 cm³/mol. The Bertz CT molecular complexity index is 375. The summed E-state index contributed by atoms with van der Waals surface area (Å²) < 4.78 is 27.1. The third-order valence-electron chi connectivity index (χ3n) is 3.23. The fourth-order valence-electron chi connectivity index (χ4n) is 2.08. The van der Waals surface area contributed by atoms with Crippen LogP contribution in [-0.4, -0.2) is 82.6 Å². The van der Waals surface area contributed by atoms with Crippen molar-refractivity contribution in [3.8, 4) is 0 Å². The van der Waals surface area contributed by atoms with Gasteiger partial charge in [0.15, 0.2) is 0 Å². The second-order valence-corrected chi connectivity index (χ2v) is 7.21. The normalized spacial score (nSPS) is 17.7. The minimum absolute atomic E-state index is 0.0537. The van der Waals surface area contributed by atoms with Crippen molar-refractivity contribution >= 4 is 15.7 Å². The maximum absolute atomic E-state index is 11.8. The van der Waals surface area contributed by atoms with Crippen LogP contribution in [0.1, 0.15) is 12.8 Å². The molecule has 112 valence electrons. The first kappa shape index (κ1) is 16.4. The number of rotatable bonds is 7. The molecule has 1 heterocycles. The molecule has 0 aromatic heterocycles. The highest BCUT2D eigenvalue weighted by Crippen LogP contribution is 2.05. The molecule has 1 rings (SSSR count). The molecule has 0 spiro atoms. The van der Waals surface area contributed by atoms with Crippen LogP contribution in [-0.2, 0) is 19.4 Å². The second-order valence-electron chi connectivity index (χ2n) is 4.95. The van der Waals surface area contributed by atoms with Gasteiger partial charge in [-0.15, -0.1) is 0 Å². The quantitative estimate of drug-likeness (QED) is 0.597. The summed E-state index contributed by atoms with van der Waals surface area (Å²) in [6, 6.07) is 0. The highest BCUT2D eigenvalue weighted by molar-refractivity contribution is 7.90. The summed E-state index contributed by atoms with van der Waals surface area (Å²) in [6.07, 6.45) is 2.26. The van der Waals surface area contributed by atoms with Crippen LogP contribution in [0.3, 0.4) is 0 Å². The summed E-state index contributed by atoms with van der Waals surface area (Å²) >= 11 is 0. The molecule has 0 radical (unpaired) electrons. The van der Waals surface area contributed by atoms with E-state index in [0.717, 1.165) is 38.9 Å². The van der Waals surface area contributed by atoms with Crippen LogP contribution in [0, 0.1) is 0 Å². The first-order valence-electron chi connectivity index (χ1n) is 6.59. The van der Waals surface area contributed by atoms with Crippen molar-refractivity contribution in [3.63, 3.8) is 0 Å². The molecule has 1 saturated heterocycles. The van der Waals surface area contributed by atoms with Gasteiger partial charge in [-0.2, -0.15) is 0 Å². The number of piperazine rings is 1. The average Bonchev–Trinajstić information content (AvgIpc) is 2.36. The Kier molecular flexibility index (Phi) is 6.74. The molecule has 0 atom stereocenters. The van der Waals surface area contributed by atoms with Crippen LogP contribution in [0.15, 0.2) is 0 Å². The molecule has 0 saturated carbocycles. The van der Waals surface area contributed by atoms with E-state index >= 15 is 0 Å². The number of amides is 1. The van der Waals surface area contributed by atoms with Crippen molar-refractivity contribution in [1.29, 1.82) is 0 Å². The van der Waals surface area contributed by atoms with Crippen molar-refractivity contribution in [1.82, 2.24) is 9.80 Å². The fraction of sp³-hybridized carbons (Fsp3) is 0.917. The SMILES string of the molecule is COCCCN1CCN(C(=O)CCS(C)(=O)=O)CC1. The molecule has 1 fully saturated rings. The Morgan fingerprint density at radius 2 is 1.84 bits per heavy atom. The zero-order valence-corrected chi connectivity index (χ0v) is 12.6. The molecule has 19 heavy (non-hydrogen) atoms. The van der Waals surface area contributed by atoms with E-state index in [1.165, 1.54) is 0 Å². The van der Waals surface area contributed by atoms with Gasteiger partial charge in [-0.25, -0.2) is 8.42 Å². The van der Waals surface area contributed by atoms with E-state index in [9.17, 15) is 13.2 Å². The smallest absolute Gasteiger partial charge is 0.223 e. The molecule has 7 heteroatoms. The third kappa shape index (κ3) is 6.89. The van der Waals surface area contributed by atoms with Gasteiger partial charge in [0.25, 0.3) is 0 Å². The lowest BCUT2D eigenvalue weighted by molar-refractivity contribution is -0.132. The van der Waals surface area contributed by atoms with E-state index in [1.807, 2.05) is 0 Å². The topological polar surface area (TPSA) is 66.9 Å². The first-order chi connectivity index (χ1) is 8.92. The Morgan fingerprint density at radius 1 is 1.21 bits per heavy atom. The number of methoxy groups -OCH3 is 1. The summed E-state index contributed by atoms with van der Waals surface area (Å²) in [7, 11) is -1.36. The molecule has 0 aliphatic carbocycles. The van der Waals surface area contributed by atoms with Gasteiger partial charge in [0, 0.05) is 59.1 Å². The maximum atomic E-state index is 11.8. The van der Waals surface area contributed by atoms with Gasteiger partial charge in [-0.05, 0) is 6.42 Å². The van der Waals surface area contributed by atoms with Crippen LogP contribution in [0.4, 0.5) is 0 Å². The van der Waals surface area contributed by atoms with Crippen LogP contribution in [0.5, 0.6) is 0 Å². The van der Waals surface area contributed by atoms with Gasteiger partial charge in [-0.1, -0.05) is 0 Å². The average molecular weight is 292 g/mol. The molecule has 1 aliphatic heterocycles. The second kappa shape index (κ2) is 7.81. The Hall–Kier alpha value is -0.660. The van der Waals surface area contributed by atoms with Crippen LogP contribution < -0.4 is 0 Å². The molecule has 6 nitrogen and oxygen atoms in total. The maximum Gasteiger partial charge on any atom is 0.223 e. The third-order valence-corrected chi connectivity index (χ3v) is 4.18. The van der Waals surface area contributed by atoms with Gasteiger partial charge >= 0.3 is 0 Å². The highest BCUT2D eigenvalue weighted by atomic mass is 32.2. The number of hydrogen-bond acceptors (Lipinski definition) is 5. The summed E-state index contributed by atoms with van der Waals surface area (Å²) in [5.41, 5.74) is 0. The number of nitrogens with zero attached hydrogens (tertiary/aromatic N) is 2. The van der Waals surface area contributed by atoms with Crippen LogP contribution >= 0.6 is 0 Å². The van der Waals surface area contributed by atoms with Crippen molar-refractivity contribution in [2.45, 2.75) is 12.8 Å². The van der Waals surface area contributed by atoms with Crippen molar-refractivity contribution in [3.05, 3.63) is 0 Å². The largest absolute Gasteiger partial charge is 0.385 e. The first-order valence-corrected chi connectivity index (χ1v) is 8.65. The van der Waals surface area contributed by atoms with E-state index < -0.39 is 9.84 Å². The number of carbonyl (C=O) groups excluding carboxylic acids is 1. The lowest BCUT2D eigenvalue weighted by atomic mass is 10.2. The zero-order chi connectivity index (χ0) is 14.3. The zero-order valence-electron chi connectivity index (χ0n) is 11.8. The monoisotopic (exact) mass is 292 g/mol. The fourth-order valence-corrected chi connectivity index (χ4v) is 2.63. The van der Waals surface area contributed by atoms with Gasteiger partial charge in [0.1, 0.15) is 9.84 Å². The van der Waals surface area contributed by atoms with E-state index in [-0.39, 0.29) is 18.1 Å². The standard InChI is InChI=1S/C12H24N2O4S/c1-18-10-3-5-13-6-8-14(9-7-13)12(15)4-11-19(2,16)17/h3-11H2,1-2H3. The Morgan fingerprint density at radius 3 is 2.37 bits per heavy atom. The van der Waals surface area contributed by atoms with Crippen LogP contribution in [0.2, 0.25) is 0 Å². The molecular formula is C12H24N2O4S. The van der Waals surface area contributed by atoms with Crippen molar-refractivity contribution in [2.75, 3.05) is 58.4 Å². The lowest BCUT2D eigenvalue weighted by Gasteiger charge is -2.34. The minimum Gasteiger partial charge on any atom is -0.385 e. The van der Waals surface area contributed by atoms with E-state index in [0.29, 0.717) is 13.1 Å². The van der Waals surface area contributed by atoms with Crippen molar-refractivity contribution < 1.29 is 17.9 Å². The van der Waals surface area contributed by atoms with Gasteiger partial charge in [0.2, 0.25) is 5.91 Å². The summed E-state index contributed by atoms with van der Waals surface area (Å²) in [6.45, 7) is 4.83. The molecule has 0 unspecified atom stereocenters. The number of ether oxygens (including phenoxy) is 1. The predicted octanol–water partition coefficient (Wildman–Crippen LogP) is -0.398. The molecule has 1 aliphatic rings. The van der Waals surface area contributed by atoms with E-state index in [2.05, 4.69) is 4.90 Å². The van der Waals surface area contributed by atoms with Gasteiger partial charge in [0.05, 0.1) is 5.75 Å². The summed E-state index contributed by atoms with van der Waals surface area (Å²) in [5.74, 6) is -0.109. The minimum atomic E-state index is -3.06. The van der Waals surface area contributed by atoms with Gasteiger partial charge < -0.3 is 9.64 Å². The Labute approximate surface area is 115 Å². The molecule has 0 bridgehead atoms. The highest BCUT2D eigenvalue weighted by Gasteiger charge is 2.21. The lowest BCUT2D eigenvalue weighted by Crippen LogP contribution is -2.49. The van der Waals surface area contributed by atoms with Crippen molar-refractivity contribution in [2.24, 2.45) is 0 Å².